The highest BCUT2D eigenvalue weighted by atomic mass is 35.5. The number of aryl methyl sites for hydroxylation is 2. The van der Waals surface area contributed by atoms with Gasteiger partial charge in [0.15, 0.2) is 5.76 Å². The van der Waals surface area contributed by atoms with E-state index in [1.54, 1.807) is 37.4 Å². The summed E-state index contributed by atoms with van der Waals surface area (Å²) in [6.45, 7) is 3.46. The van der Waals surface area contributed by atoms with E-state index in [-0.39, 0.29) is 10.7 Å². The zero-order valence-electron chi connectivity index (χ0n) is 12.4. The molecule has 0 bridgehead atoms. The van der Waals surface area contributed by atoms with Crippen LogP contribution < -0.4 is 4.72 Å². The first-order valence-electron chi connectivity index (χ1n) is 6.76. The Hall–Kier alpha value is -2.25. The molecule has 23 heavy (non-hydrogen) atoms. The Kier molecular flexibility index (Phi) is 3.91. The number of benzene rings is 1. The molecule has 0 saturated carbocycles. The quantitative estimate of drug-likeness (QED) is 0.749. The van der Waals surface area contributed by atoms with E-state index < -0.39 is 10.0 Å². The Bertz CT molecular complexity index is 947. The minimum Gasteiger partial charge on any atom is -0.458 e. The average molecular weight is 352 g/mol. The second kappa shape index (κ2) is 5.75. The third-order valence-corrected chi connectivity index (χ3v) is 5.08. The number of sulfonamides is 1. The van der Waals surface area contributed by atoms with Crippen molar-refractivity contribution in [3.63, 3.8) is 0 Å². The average Bonchev–Trinajstić information content (AvgIpc) is 3.11. The van der Waals surface area contributed by atoms with Gasteiger partial charge in [0, 0.05) is 12.3 Å². The Labute approximate surface area is 138 Å². The van der Waals surface area contributed by atoms with E-state index in [9.17, 15) is 8.42 Å². The van der Waals surface area contributed by atoms with Crippen molar-refractivity contribution in [2.24, 2.45) is 0 Å². The van der Waals surface area contributed by atoms with Crippen LogP contribution in [0.25, 0.3) is 11.5 Å². The van der Waals surface area contributed by atoms with E-state index in [1.807, 2.05) is 6.92 Å². The van der Waals surface area contributed by atoms with Crippen molar-refractivity contribution < 1.29 is 12.8 Å². The predicted octanol–water partition coefficient (Wildman–Crippen LogP) is 3.74. The van der Waals surface area contributed by atoms with E-state index in [4.69, 9.17) is 16.0 Å². The lowest BCUT2D eigenvalue weighted by molar-refractivity contribution is 0.534. The van der Waals surface area contributed by atoms with E-state index in [1.165, 1.54) is 6.07 Å². The van der Waals surface area contributed by atoms with Gasteiger partial charge in [-0.2, -0.15) is 5.10 Å². The first kappa shape index (κ1) is 15.6. The normalized spacial score (nSPS) is 11.6. The zero-order valence-corrected chi connectivity index (χ0v) is 14.0. The summed E-state index contributed by atoms with van der Waals surface area (Å²) in [6.07, 6.45) is 1.56. The van der Waals surface area contributed by atoms with Crippen LogP contribution >= 0.6 is 11.6 Å². The van der Waals surface area contributed by atoms with Gasteiger partial charge in [-0.15, -0.1) is 0 Å². The van der Waals surface area contributed by atoms with E-state index in [2.05, 4.69) is 14.9 Å². The Morgan fingerprint density at radius 2 is 2.00 bits per heavy atom. The molecule has 2 N–H and O–H groups in total. The summed E-state index contributed by atoms with van der Waals surface area (Å²) in [6, 6.07) is 8.24. The zero-order chi connectivity index (χ0) is 16.6. The van der Waals surface area contributed by atoms with Gasteiger partial charge in [0.1, 0.15) is 16.3 Å². The van der Waals surface area contributed by atoms with Crippen molar-refractivity contribution in [3.8, 4) is 11.5 Å². The van der Waals surface area contributed by atoms with Crippen molar-refractivity contribution in [2.75, 3.05) is 4.72 Å². The lowest BCUT2D eigenvalue weighted by atomic mass is 10.2. The number of rotatable bonds is 4. The van der Waals surface area contributed by atoms with Crippen molar-refractivity contribution in [2.45, 2.75) is 18.7 Å². The van der Waals surface area contributed by atoms with Crippen molar-refractivity contribution in [1.29, 1.82) is 0 Å². The molecule has 0 aliphatic carbocycles. The molecule has 8 heteroatoms. The molecule has 120 valence electrons. The Balaban J connectivity index is 1.97. The van der Waals surface area contributed by atoms with E-state index in [0.29, 0.717) is 22.2 Å². The molecular formula is C15H14ClN3O3S. The molecule has 0 spiro atoms. The minimum absolute atomic E-state index is 0.0544. The first-order chi connectivity index (χ1) is 10.9. The maximum absolute atomic E-state index is 12.6. The minimum atomic E-state index is -3.81. The van der Waals surface area contributed by atoms with Gasteiger partial charge in [-0.3, -0.25) is 9.82 Å². The summed E-state index contributed by atoms with van der Waals surface area (Å²) >= 11 is 6.09. The molecule has 2 heterocycles. The van der Waals surface area contributed by atoms with Crippen LogP contribution in [0.5, 0.6) is 0 Å². The summed E-state index contributed by atoms with van der Waals surface area (Å²) in [4.78, 5) is 0.0544. The number of nitrogens with zero attached hydrogens (tertiary/aromatic N) is 1. The lowest BCUT2D eigenvalue weighted by Gasteiger charge is -2.09. The first-order valence-corrected chi connectivity index (χ1v) is 8.62. The van der Waals surface area contributed by atoms with Crippen molar-refractivity contribution in [3.05, 3.63) is 52.9 Å². The molecular weight excluding hydrogens is 338 g/mol. The molecule has 0 radical (unpaired) electrons. The fourth-order valence-corrected chi connectivity index (χ4v) is 3.76. The molecule has 3 aromatic rings. The molecule has 6 nitrogen and oxygen atoms in total. The molecule has 0 saturated heterocycles. The van der Waals surface area contributed by atoms with Gasteiger partial charge in [0.2, 0.25) is 0 Å². The summed E-state index contributed by atoms with van der Waals surface area (Å²) in [5, 5.41) is 6.89. The highest BCUT2D eigenvalue weighted by molar-refractivity contribution is 7.92. The van der Waals surface area contributed by atoms with Crippen LogP contribution in [0.2, 0.25) is 5.02 Å². The van der Waals surface area contributed by atoms with Crippen molar-refractivity contribution in [1.82, 2.24) is 10.2 Å². The molecule has 0 aliphatic heterocycles. The second-order valence-electron chi connectivity index (χ2n) is 5.09. The number of halogens is 1. The van der Waals surface area contributed by atoms with Gasteiger partial charge >= 0.3 is 0 Å². The second-order valence-corrected chi connectivity index (χ2v) is 7.15. The van der Waals surface area contributed by atoms with Gasteiger partial charge in [0.25, 0.3) is 10.0 Å². The fraction of sp³-hybridized carbons (Fsp3) is 0.133. The molecule has 0 atom stereocenters. The molecule has 2 aromatic heterocycles. The third-order valence-electron chi connectivity index (χ3n) is 3.30. The van der Waals surface area contributed by atoms with Gasteiger partial charge in [-0.25, -0.2) is 8.42 Å². The number of hydrogen-bond donors (Lipinski definition) is 2. The van der Waals surface area contributed by atoms with Gasteiger partial charge in [0.05, 0.1) is 10.7 Å². The lowest BCUT2D eigenvalue weighted by Crippen LogP contribution is -2.13. The van der Waals surface area contributed by atoms with Crippen LogP contribution in [-0.4, -0.2) is 18.6 Å². The summed E-state index contributed by atoms with van der Waals surface area (Å²) in [5.41, 5.74) is 1.86. The molecule has 0 unspecified atom stereocenters. The van der Waals surface area contributed by atoms with Gasteiger partial charge < -0.3 is 4.42 Å². The predicted molar refractivity (Wildman–Crippen MR) is 88.0 cm³/mol. The molecule has 0 aliphatic rings. The highest BCUT2D eigenvalue weighted by Gasteiger charge is 2.23. The van der Waals surface area contributed by atoms with Gasteiger partial charge in [-0.05, 0) is 37.6 Å². The largest absolute Gasteiger partial charge is 0.458 e. The van der Waals surface area contributed by atoms with Crippen LogP contribution in [0.15, 0.2) is 45.8 Å². The SMILES string of the molecule is Cc1ccc(NS(=O)(=O)c2cc(-c3ccn[nH]3)oc2C)c(Cl)c1. The molecule has 0 fully saturated rings. The number of aromatic amines is 1. The number of furan rings is 1. The Morgan fingerprint density at radius 3 is 2.65 bits per heavy atom. The monoisotopic (exact) mass is 351 g/mol. The molecule has 3 rings (SSSR count). The summed E-state index contributed by atoms with van der Waals surface area (Å²) < 4.78 is 33.2. The summed E-state index contributed by atoms with van der Waals surface area (Å²) in [7, 11) is -3.81. The maximum atomic E-state index is 12.6. The van der Waals surface area contributed by atoms with Gasteiger partial charge in [-0.1, -0.05) is 17.7 Å². The third kappa shape index (κ3) is 3.11. The van der Waals surface area contributed by atoms with Crippen LogP contribution in [-0.2, 0) is 10.0 Å². The van der Waals surface area contributed by atoms with Crippen LogP contribution in [0.1, 0.15) is 11.3 Å². The summed E-state index contributed by atoms with van der Waals surface area (Å²) in [5.74, 6) is 0.681. The van der Waals surface area contributed by atoms with E-state index in [0.717, 1.165) is 5.56 Å². The standard InChI is InChI=1S/C15H14ClN3O3S/c1-9-3-4-12(11(16)7-9)19-23(20,21)15-8-14(22-10(15)2)13-5-6-17-18-13/h3-8,19H,1-2H3,(H,17,18). The van der Waals surface area contributed by atoms with Crippen molar-refractivity contribution >= 4 is 27.3 Å². The molecule has 0 amide bonds. The highest BCUT2D eigenvalue weighted by Crippen LogP contribution is 2.30. The number of aromatic nitrogens is 2. The van der Waals surface area contributed by atoms with Crippen LogP contribution in [0.4, 0.5) is 5.69 Å². The number of anilines is 1. The number of nitrogens with one attached hydrogen (secondary N) is 2. The smallest absolute Gasteiger partial charge is 0.265 e. The molecule has 1 aromatic carbocycles. The topological polar surface area (TPSA) is 88.0 Å². The number of hydrogen-bond acceptors (Lipinski definition) is 4. The Morgan fingerprint density at radius 1 is 1.22 bits per heavy atom. The van der Waals surface area contributed by atoms with Crippen LogP contribution in [0, 0.1) is 13.8 Å². The van der Waals surface area contributed by atoms with Crippen LogP contribution in [0.3, 0.4) is 0 Å². The number of H-pyrrole nitrogens is 1. The maximum Gasteiger partial charge on any atom is 0.265 e. The fourth-order valence-electron chi connectivity index (χ4n) is 2.16. The van der Waals surface area contributed by atoms with E-state index >= 15 is 0 Å².